The summed E-state index contributed by atoms with van der Waals surface area (Å²) in [7, 11) is 0. The van der Waals surface area contributed by atoms with E-state index >= 15 is 0 Å². The van der Waals surface area contributed by atoms with E-state index in [9.17, 15) is 14.4 Å². The number of para-hydroxylation sites is 2. The molecule has 0 aromatic heterocycles. The first-order chi connectivity index (χ1) is 15.0. The summed E-state index contributed by atoms with van der Waals surface area (Å²) >= 11 is 12.0. The van der Waals surface area contributed by atoms with Crippen molar-refractivity contribution in [3.05, 3.63) is 70.2 Å². The molecule has 156 valence electrons. The highest BCUT2D eigenvalue weighted by Crippen LogP contribution is 2.65. The standard InChI is InChI=1S/C24H17Cl2NO4/c25-11-5-6-14(17(26)9-11)24(30)31-19-4-2-1-3-18(19)27-22(28)20-12-7-8-13(16-10-15(12)16)21(20)23(27)29/h1-9,12-13,15-16,20-21H,10H2/t12-,13-,15-,16-,20-,21+/m1/s1. The Balaban J connectivity index is 1.33. The molecule has 0 radical (unpaired) electrons. The lowest BCUT2D eigenvalue weighted by Crippen LogP contribution is -2.40. The van der Waals surface area contributed by atoms with Crippen molar-refractivity contribution in [2.24, 2.45) is 35.5 Å². The first-order valence-corrected chi connectivity index (χ1v) is 11.0. The van der Waals surface area contributed by atoms with E-state index in [4.69, 9.17) is 27.9 Å². The summed E-state index contributed by atoms with van der Waals surface area (Å²) in [6, 6.07) is 11.1. The van der Waals surface area contributed by atoms with Gasteiger partial charge in [-0.25, -0.2) is 9.69 Å². The van der Waals surface area contributed by atoms with Gasteiger partial charge >= 0.3 is 5.97 Å². The zero-order chi connectivity index (χ0) is 21.4. The van der Waals surface area contributed by atoms with Crippen molar-refractivity contribution in [3.63, 3.8) is 0 Å². The molecule has 2 aromatic rings. The van der Waals surface area contributed by atoms with Gasteiger partial charge in [-0.1, -0.05) is 47.5 Å². The molecular weight excluding hydrogens is 437 g/mol. The molecule has 1 heterocycles. The van der Waals surface area contributed by atoms with Crippen LogP contribution >= 0.6 is 23.2 Å². The normalized spacial score (nSPS) is 32.1. The Kier molecular flexibility index (Phi) is 4.11. The molecule has 2 saturated carbocycles. The van der Waals surface area contributed by atoms with Crippen LogP contribution in [0.15, 0.2) is 54.6 Å². The average molecular weight is 454 g/mol. The molecule has 4 aliphatic carbocycles. The lowest BCUT2D eigenvalue weighted by atomic mass is 9.63. The second-order valence-electron chi connectivity index (χ2n) is 8.65. The minimum atomic E-state index is -0.686. The SMILES string of the molecule is O=C(Oc1ccccc1N1C(=O)[C@@H]2[C@@H]3C=C[C@H]([C@H]4C[C@H]34)[C@@H]2C1=O)c1ccc(Cl)cc1Cl. The van der Waals surface area contributed by atoms with Crippen LogP contribution in [0.4, 0.5) is 5.69 Å². The highest BCUT2D eigenvalue weighted by Gasteiger charge is 2.67. The van der Waals surface area contributed by atoms with Crippen LogP contribution in [0.2, 0.25) is 10.0 Å². The largest absolute Gasteiger partial charge is 0.421 e. The summed E-state index contributed by atoms with van der Waals surface area (Å²) in [6.45, 7) is 0. The van der Waals surface area contributed by atoms with Gasteiger partial charge in [0.25, 0.3) is 0 Å². The molecule has 5 aliphatic rings. The van der Waals surface area contributed by atoms with Crippen molar-refractivity contribution in [1.82, 2.24) is 0 Å². The fourth-order valence-electron chi connectivity index (χ4n) is 5.73. The summed E-state index contributed by atoms with van der Waals surface area (Å²) in [6.07, 6.45) is 5.36. The molecule has 0 spiro atoms. The number of amides is 2. The van der Waals surface area contributed by atoms with E-state index in [-0.39, 0.29) is 51.8 Å². The Labute approximate surface area is 188 Å². The highest BCUT2D eigenvalue weighted by molar-refractivity contribution is 6.36. The van der Waals surface area contributed by atoms with Gasteiger partial charge in [0.15, 0.2) is 5.75 Å². The lowest BCUT2D eigenvalue weighted by molar-refractivity contribution is -0.124. The molecule has 6 atom stereocenters. The maximum Gasteiger partial charge on any atom is 0.345 e. The monoisotopic (exact) mass is 453 g/mol. The van der Waals surface area contributed by atoms with Crippen molar-refractivity contribution in [1.29, 1.82) is 0 Å². The molecule has 31 heavy (non-hydrogen) atoms. The van der Waals surface area contributed by atoms with E-state index in [1.807, 2.05) is 0 Å². The Bertz CT molecular complexity index is 1160. The first-order valence-electron chi connectivity index (χ1n) is 10.3. The molecule has 3 fully saturated rings. The smallest absolute Gasteiger partial charge is 0.345 e. The van der Waals surface area contributed by atoms with Crippen LogP contribution in [0.5, 0.6) is 5.75 Å². The van der Waals surface area contributed by atoms with E-state index < -0.39 is 5.97 Å². The molecule has 2 aromatic carbocycles. The molecule has 2 bridgehead atoms. The Morgan fingerprint density at radius 3 is 2.23 bits per heavy atom. The summed E-state index contributed by atoms with van der Waals surface area (Å²) in [5.74, 6) is -0.283. The molecule has 5 nitrogen and oxygen atoms in total. The zero-order valence-corrected chi connectivity index (χ0v) is 17.7. The molecule has 1 saturated heterocycles. The minimum absolute atomic E-state index is 0.129. The van der Waals surface area contributed by atoms with E-state index in [1.165, 1.54) is 17.0 Å². The van der Waals surface area contributed by atoms with Crippen LogP contribution in [0.1, 0.15) is 16.8 Å². The molecule has 1 aliphatic heterocycles. The number of carbonyl (C=O) groups is 3. The lowest BCUT2D eigenvalue weighted by Gasteiger charge is -2.37. The number of allylic oxidation sites excluding steroid dienone is 2. The molecular formula is C24H17Cl2NO4. The van der Waals surface area contributed by atoms with E-state index in [1.54, 1.807) is 30.3 Å². The number of ether oxygens (including phenoxy) is 1. The van der Waals surface area contributed by atoms with Gasteiger partial charge in [-0.05, 0) is 60.4 Å². The molecule has 2 amide bonds. The van der Waals surface area contributed by atoms with Crippen LogP contribution in [0.25, 0.3) is 0 Å². The number of anilines is 1. The maximum absolute atomic E-state index is 13.4. The number of hydrogen-bond donors (Lipinski definition) is 0. The Morgan fingerprint density at radius 1 is 0.935 bits per heavy atom. The molecule has 7 heteroatoms. The predicted octanol–water partition coefficient (Wildman–Crippen LogP) is 4.77. The van der Waals surface area contributed by atoms with Crippen molar-refractivity contribution in [3.8, 4) is 5.75 Å². The zero-order valence-electron chi connectivity index (χ0n) is 16.2. The highest BCUT2D eigenvalue weighted by atomic mass is 35.5. The van der Waals surface area contributed by atoms with Crippen molar-refractivity contribution in [2.75, 3.05) is 4.90 Å². The Hall–Kier alpha value is -2.63. The van der Waals surface area contributed by atoms with Gasteiger partial charge in [-0.2, -0.15) is 0 Å². The number of halogens is 2. The van der Waals surface area contributed by atoms with Crippen LogP contribution < -0.4 is 9.64 Å². The van der Waals surface area contributed by atoms with Gasteiger partial charge in [0.05, 0.1) is 28.1 Å². The number of imide groups is 1. The van der Waals surface area contributed by atoms with Crippen molar-refractivity contribution < 1.29 is 19.1 Å². The Morgan fingerprint density at radius 2 is 1.58 bits per heavy atom. The van der Waals surface area contributed by atoms with Crippen LogP contribution in [0.3, 0.4) is 0 Å². The predicted molar refractivity (Wildman–Crippen MR) is 115 cm³/mol. The van der Waals surface area contributed by atoms with Gasteiger partial charge in [0, 0.05) is 5.02 Å². The van der Waals surface area contributed by atoms with Crippen LogP contribution in [0, 0.1) is 35.5 Å². The van der Waals surface area contributed by atoms with E-state index in [0.717, 1.165) is 6.42 Å². The third-order valence-corrected chi connectivity index (χ3v) is 7.67. The number of hydrogen-bond acceptors (Lipinski definition) is 4. The van der Waals surface area contributed by atoms with Crippen LogP contribution in [-0.4, -0.2) is 17.8 Å². The van der Waals surface area contributed by atoms with Gasteiger partial charge in [-0.15, -0.1) is 0 Å². The minimum Gasteiger partial charge on any atom is -0.421 e. The van der Waals surface area contributed by atoms with Gasteiger partial charge in [0.1, 0.15) is 0 Å². The fourth-order valence-corrected chi connectivity index (χ4v) is 6.22. The quantitative estimate of drug-likeness (QED) is 0.290. The van der Waals surface area contributed by atoms with Crippen LogP contribution in [-0.2, 0) is 9.59 Å². The second-order valence-corrected chi connectivity index (χ2v) is 9.49. The third kappa shape index (κ3) is 2.73. The number of carbonyl (C=O) groups excluding carboxylic acids is 3. The summed E-state index contributed by atoms with van der Waals surface area (Å²) in [5, 5.41) is 0.565. The van der Waals surface area contributed by atoms with Crippen molar-refractivity contribution >= 4 is 46.7 Å². The number of benzene rings is 2. The first kappa shape index (κ1) is 19.1. The maximum atomic E-state index is 13.4. The topological polar surface area (TPSA) is 63.7 Å². The molecule has 0 N–H and O–H groups in total. The fraction of sp³-hybridized carbons (Fsp3) is 0.292. The molecule has 0 unspecified atom stereocenters. The second kappa shape index (κ2) is 6.68. The third-order valence-electron chi connectivity index (χ3n) is 7.12. The summed E-state index contributed by atoms with van der Waals surface area (Å²) in [4.78, 5) is 40.8. The molecule has 7 rings (SSSR count). The van der Waals surface area contributed by atoms with E-state index in [0.29, 0.717) is 22.5 Å². The number of nitrogens with zero attached hydrogens (tertiary/aromatic N) is 1. The van der Waals surface area contributed by atoms with Gasteiger partial charge in [-0.3, -0.25) is 9.59 Å². The van der Waals surface area contributed by atoms with Crippen molar-refractivity contribution in [2.45, 2.75) is 6.42 Å². The van der Waals surface area contributed by atoms with E-state index in [2.05, 4.69) is 12.2 Å². The average Bonchev–Trinajstić information content (AvgIpc) is 3.52. The number of rotatable bonds is 3. The van der Waals surface area contributed by atoms with Gasteiger partial charge < -0.3 is 4.74 Å². The summed E-state index contributed by atoms with van der Waals surface area (Å²) < 4.78 is 5.59. The van der Waals surface area contributed by atoms with Gasteiger partial charge in [0.2, 0.25) is 11.8 Å². The summed E-state index contributed by atoms with van der Waals surface area (Å²) in [5.41, 5.74) is 0.439. The number of esters is 1.